The SMILES string of the molecule is CCCCCCSc1nc2sc3c(c2c(=O)n1-c1cccc(C)c1)CC(C(C)C)OC3. The summed E-state index contributed by atoms with van der Waals surface area (Å²) < 4.78 is 7.91. The molecular weight excluding hydrogens is 424 g/mol. The molecule has 0 N–H and O–H groups in total. The summed E-state index contributed by atoms with van der Waals surface area (Å²) in [6, 6.07) is 8.18. The standard InChI is InChI=1S/C25H32N2O2S2/c1-5-6-7-8-12-30-25-26-23-22(19-14-20(16(2)3)29-15-21(19)31-23)24(28)27(25)18-11-9-10-17(4)13-18/h9-11,13,16,20H,5-8,12,14-15H2,1-4H3. The summed E-state index contributed by atoms with van der Waals surface area (Å²) in [5.41, 5.74) is 3.27. The van der Waals surface area contributed by atoms with Gasteiger partial charge in [0.15, 0.2) is 5.16 Å². The van der Waals surface area contributed by atoms with Crippen LogP contribution in [-0.4, -0.2) is 21.4 Å². The highest BCUT2D eigenvalue weighted by atomic mass is 32.2. The highest BCUT2D eigenvalue weighted by Gasteiger charge is 2.28. The molecule has 3 heterocycles. The Labute approximate surface area is 193 Å². The molecule has 1 unspecified atom stereocenters. The molecule has 1 aromatic carbocycles. The largest absolute Gasteiger partial charge is 0.372 e. The molecule has 0 amide bonds. The molecule has 0 aliphatic carbocycles. The van der Waals surface area contributed by atoms with Gasteiger partial charge in [0.1, 0.15) is 4.83 Å². The van der Waals surface area contributed by atoms with Crippen LogP contribution in [0.5, 0.6) is 0 Å². The van der Waals surface area contributed by atoms with E-state index >= 15 is 0 Å². The fraction of sp³-hybridized carbons (Fsp3) is 0.520. The number of thioether (sulfide) groups is 1. The van der Waals surface area contributed by atoms with Gasteiger partial charge in [-0.2, -0.15) is 0 Å². The average Bonchev–Trinajstić information content (AvgIpc) is 3.11. The lowest BCUT2D eigenvalue weighted by atomic mass is 9.96. The number of hydrogen-bond donors (Lipinski definition) is 0. The molecule has 0 spiro atoms. The first kappa shape index (κ1) is 22.6. The monoisotopic (exact) mass is 456 g/mol. The molecule has 0 saturated carbocycles. The fourth-order valence-electron chi connectivity index (χ4n) is 4.12. The molecule has 31 heavy (non-hydrogen) atoms. The van der Waals surface area contributed by atoms with Gasteiger partial charge in [0.05, 0.1) is 23.8 Å². The van der Waals surface area contributed by atoms with Gasteiger partial charge in [-0.25, -0.2) is 4.98 Å². The van der Waals surface area contributed by atoms with Gasteiger partial charge in [-0.05, 0) is 42.5 Å². The normalized spacial score (nSPS) is 16.2. The van der Waals surface area contributed by atoms with Crippen molar-refractivity contribution in [2.75, 3.05) is 5.75 Å². The maximum atomic E-state index is 13.9. The second kappa shape index (κ2) is 9.88. The molecule has 0 bridgehead atoms. The van der Waals surface area contributed by atoms with Crippen molar-refractivity contribution in [3.63, 3.8) is 0 Å². The second-order valence-corrected chi connectivity index (χ2v) is 10.9. The van der Waals surface area contributed by atoms with Crippen LogP contribution in [0.15, 0.2) is 34.2 Å². The lowest BCUT2D eigenvalue weighted by Gasteiger charge is -2.26. The number of rotatable bonds is 8. The summed E-state index contributed by atoms with van der Waals surface area (Å²) in [7, 11) is 0. The first-order valence-corrected chi connectivity index (χ1v) is 13.2. The van der Waals surface area contributed by atoms with Gasteiger partial charge in [-0.1, -0.05) is 63.9 Å². The number of benzene rings is 1. The van der Waals surface area contributed by atoms with Crippen molar-refractivity contribution in [2.45, 2.75) is 77.7 Å². The van der Waals surface area contributed by atoms with Gasteiger partial charge < -0.3 is 4.74 Å². The van der Waals surface area contributed by atoms with Crippen LogP contribution in [-0.2, 0) is 17.8 Å². The highest BCUT2D eigenvalue weighted by molar-refractivity contribution is 7.99. The zero-order chi connectivity index (χ0) is 22.0. The maximum Gasteiger partial charge on any atom is 0.267 e. The minimum Gasteiger partial charge on any atom is -0.372 e. The van der Waals surface area contributed by atoms with Crippen molar-refractivity contribution in [2.24, 2.45) is 5.92 Å². The van der Waals surface area contributed by atoms with Crippen molar-refractivity contribution in [1.82, 2.24) is 9.55 Å². The van der Waals surface area contributed by atoms with E-state index in [2.05, 4.69) is 39.8 Å². The number of aryl methyl sites for hydroxylation is 1. The van der Waals surface area contributed by atoms with Crippen LogP contribution in [0.2, 0.25) is 0 Å². The van der Waals surface area contributed by atoms with E-state index in [4.69, 9.17) is 9.72 Å². The van der Waals surface area contributed by atoms with Crippen molar-refractivity contribution < 1.29 is 4.74 Å². The van der Waals surface area contributed by atoms with Crippen LogP contribution in [0.1, 0.15) is 62.5 Å². The molecule has 0 fully saturated rings. The van der Waals surface area contributed by atoms with Gasteiger partial charge in [0.25, 0.3) is 5.56 Å². The van der Waals surface area contributed by atoms with Crippen molar-refractivity contribution in [3.8, 4) is 5.69 Å². The Balaban J connectivity index is 1.81. The first-order chi connectivity index (χ1) is 15.0. The number of hydrogen-bond acceptors (Lipinski definition) is 5. The molecule has 2 aromatic heterocycles. The van der Waals surface area contributed by atoms with Crippen molar-refractivity contribution in [1.29, 1.82) is 0 Å². The summed E-state index contributed by atoms with van der Waals surface area (Å²) in [5.74, 6) is 1.40. The average molecular weight is 457 g/mol. The summed E-state index contributed by atoms with van der Waals surface area (Å²) in [6.07, 6.45) is 5.80. The molecule has 1 aliphatic heterocycles. The molecule has 1 aliphatic rings. The van der Waals surface area contributed by atoms with Gasteiger partial charge in [0, 0.05) is 17.1 Å². The zero-order valence-corrected chi connectivity index (χ0v) is 20.6. The molecule has 3 aromatic rings. The summed E-state index contributed by atoms with van der Waals surface area (Å²) >= 11 is 3.34. The number of ether oxygens (including phenoxy) is 1. The van der Waals surface area contributed by atoms with E-state index in [-0.39, 0.29) is 11.7 Å². The van der Waals surface area contributed by atoms with Crippen LogP contribution >= 0.6 is 23.1 Å². The number of fused-ring (bicyclic) bond motifs is 3. The Morgan fingerprint density at radius 2 is 2.13 bits per heavy atom. The van der Waals surface area contributed by atoms with E-state index in [1.807, 2.05) is 16.7 Å². The highest BCUT2D eigenvalue weighted by Crippen LogP contribution is 2.36. The predicted octanol–water partition coefficient (Wildman–Crippen LogP) is 6.53. The Bertz CT molecular complexity index is 1120. The number of thiophene rings is 1. The van der Waals surface area contributed by atoms with Crippen LogP contribution in [0.25, 0.3) is 15.9 Å². The molecular formula is C25H32N2O2S2. The predicted molar refractivity (Wildman–Crippen MR) is 132 cm³/mol. The van der Waals surface area contributed by atoms with E-state index in [0.717, 1.165) is 55.7 Å². The van der Waals surface area contributed by atoms with Gasteiger partial charge in [0.2, 0.25) is 0 Å². The van der Waals surface area contributed by atoms with Gasteiger partial charge >= 0.3 is 0 Å². The Kier molecular flexibility index (Phi) is 7.19. The Morgan fingerprint density at radius 1 is 1.29 bits per heavy atom. The summed E-state index contributed by atoms with van der Waals surface area (Å²) in [4.78, 5) is 20.9. The lowest BCUT2D eigenvalue weighted by molar-refractivity contribution is 0.00200. The maximum absolute atomic E-state index is 13.9. The quantitative estimate of drug-likeness (QED) is 0.220. The molecule has 4 nitrogen and oxygen atoms in total. The van der Waals surface area contributed by atoms with Crippen LogP contribution in [0.4, 0.5) is 0 Å². The third-order valence-electron chi connectivity index (χ3n) is 5.94. The molecule has 1 atom stereocenters. The number of unbranched alkanes of at least 4 members (excludes halogenated alkanes) is 3. The van der Waals surface area contributed by atoms with E-state index in [1.54, 1.807) is 23.1 Å². The number of aromatic nitrogens is 2. The smallest absolute Gasteiger partial charge is 0.267 e. The Morgan fingerprint density at radius 3 is 2.87 bits per heavy atom. The fourth-order valence-corrected chi connectivity index (χ4v) is 6.30. The molecule has 166 valence electrons. The minimum atomic E-state index is 0.0635. The van der Waals surface area contributed by atoms with Crippen molar-refractivity contribution in [3.05, 3.63) is 50.6 Å². The third-order valence-corrected chi connectivity index (χ3v) is 8.07. The topological polar surface area (TPSA) is 44.1 Å². The second-order valence-electron chi connectivity index (χ2n) is 8.76. The van der Waals surface area contributed by atoms with E-state index in [0.29, 0.717) is 12.5 Å². The number of nitrogens with zero attached hydrogens (tertiary/aromatic N) is 2. The van der Waals surface area contributed by atoms with Crippen LogP contribution < -0.4 is 5.56 Å². The molecule has 4 rings (SSSR count). The van der Waals surface area contributed by atoms with Gasteiger partial charge in [-0.15, -0.1) is 11.3 Å². The lowest BCUT2D eigenvalue weighted by Crippen LogP contribution is -2.28. The van der Waals surface area contributed by atoms with Crippen molar-refractivity contribution >= 4 is 33.3 Å². The third kappa shape index (κ3) is 4.76. The minimum absolute atomic E-state index is 0.0635. The first-order valence-electron chi connectivity index (χ1n) is 11.4. The van der Waals surface area contributed by atoms with E-state index in [1.165, 1.54) is 19.3 Å². The molecule has 0 radical (unpaired) electrons. The van der Waals surface area contributed by atoms with E-state index < -0.39 is 0 Å². The van der Waals surface area contributed by atoms with Crippen LogP contribution in [0.3, 0.4) is 0 Å². The molecule has 6 heteroatoms. The summed E-state index contributed by atoms with van der Waals surface area (Å²) in [6.45, 7) is 9.24. The molecule has 0 saturated heterocycles. The van der Waals surface area contributed by atoms with Crippen LogP contribution in [0, 0.1) is 12.8 Å². The van der Waals surface area contributed by atoms with E-state index in [9.17, 15) is 4.79 Å². The zero-order valence-electron chi connectivity index (χ0n) is 18.9. The summed E-state index contributed by atoms with van der Waals surface area (Å²) in [5, 5.41) is 1.60. The Hall–Kier alpha value is -1.63. The van der Waals surface area contributed by atoms with Gasteiger partial charge in [-0.3, -0.25) is 9.36 Å².